The van der Waals surface area contributed by atoms with Gasteiger partial charge in [-0.15, -0.1) is 0 Å². The predicted octanol–water partition coefficient (Wildman–Crippen LogP) is 1.07. The average Bonchev–Trinajstić information content (AvgIpc) is 2.63. The lowest BCUT2D eigenvalue weighted by molar-refractivity contribution is -0.130. The molecule has 1 saturated heterocycles. The number of amides is 4. The molecule has 0 unspecified atom stereocenters. The Labute approximate surface area is 153 Å². The molecule has 1 aliphatic heterocycles. The fraction of sp³-hybridized carbons (Fsp3) is 0.500. The van der Waals surface area contributed by atoms with Crippen LogP contribution in [0.25, 0.3) is 0 Å². The summed E-state index contributed by atoms with van der Waals surface area (Å²) < 4.78 is 4.92. The standard InChI is InChI=1S/C18H26N4O4/c1-13-15(17(24)19-7-12-26-3)5-4-6-16(13)20-18(25)22-10-8-21(9-11-22)14(2)23/h4-6H,7-12H2,1-3H3,(H,19,24)(H,20,25). The molecule has 8 nitrogen and oxygen atoms in total. The Balaban J connectivity index is 1.99. The molecule has 0 saturated carbocycles. The van der Waals surface area contributed by atoms with Gasteiger partial charge < -0.3 is 25.2 Å². The van der Waals surface area contributed by atoms with Gasteiger partial charge in [0.25, 0.3) is 5.91 Å². The van der Waals surface area contributed by atoms with Crippen LogP contribution in [0, 0.1) is 6.92 Å². The van der Waals surface area contributed by atoms with Gasteiger partial charge in [-0.3, -0.25) is 9.59 Å². The lowest BCUT2D eigenvalue weighted by Gasteiger charge is -2.34. The molecule has 2 N–H and O–H groups in total. The fourth-order valence-corrected chi connectivity index (χ4v) is 2.80. The van der Waals surface area contributed by atoms with Crippen molar-refractivity contribution in [2.45, 2.75) is 13.8 Å². The van der Waals surface area contributed by atoms with Gasteiger partial charge in [0.15, 0.2) is 0 Å². The van der Waals surface area contributed by atoms with Gasteiger partial charge in [0.1, 0.15) is 0 Å². The van der Waals surface area contributed by atoms with E-state index in [-0.39, 0.29) is 17.8 Å². The lowest BCUT2D eigenvalue weighted by Crippen LogP contribution is -2.51. The summed E-state index contributed by atoms with van der Waals surface area (Å²) in [7, 11) is 1.57. The van der Waals surface area contributed by atoms with Crippen molar-refractivity contribution >= 4 is 23.5 Å². The van der Waals surface area contributed by atoms with Crippen LogP contribution in [-0.2, 0) is 9.53 Å². The Morgan fingerprint density at radius 1 is 1.12 bits per heavy atom. The van der Waals surface area contributed by atoms with Crippen LogP contribution in [0.4, 0.5) is 10.5 Å². The predicted molar refractivity (Wildman–Crippen MR) is 98.2 cm³/mol. The summed E-state index contributed by atoms with van der Waals surface area (Å²) >= 11 is 0. The van der Waals surface area contributed by atoms with Crippen LogP contribution < -0.4 is 10.6 Å². The topological polar surface area (TPSA) is 91.0 Å². The first-order chi connectivity index (χ1) is 12.4. The molecule has 0 aliphatic carbocycles. The van der Waals surface area contributed by atoms with Crippen molar-refractivity contribution in [2.75, 3.05) is 51.8 Å². The summed E-state index contributed by atoms with van der Waals surface area (Å²) in [6, 6.07) is 5.00. The zero-order valence-electron chi connectivity index (χ0n) is 15.5. The zero-order valence-corrected chi connectivity index (χ0v) is 15.5. The number of carbonyl (C=O) groups is 3. The third-order valence-corrected chi connectivity index (χ3v) is 4.42. The second-order valence-electron chi connectivity index (χ2n) is 6.15. The Morgan fingerprint density at radius 3 is 2.38 bits per heavy atom. The maximum Gasteiger partial charge on any atom is 0.321 e. The number of nitrogens with zero attached hydrogens (tertiary/aromatic N) is 2. The largest absolute Gasteiger partial charge is 0.383 e. The number of carbonyl (C=O) groups excluding carboxylic acids is 3. The molecule has 0 radical (unpaired) electrons. The minimum absolute atomic E-state index is 0.0214. The van der Waals surface area contributed by atoms with E-state index in [0.717, 1.165) is 0 Å². The normalized spacial score (nSPS) is 14.1. The van der Waals surface area contributed by atoms with Crippen LogP contribution in [0.5, 0.6) is 0 Å². The first-order valence-corrected chi connectivity index (χ1v) is 8.62. The molecule has 26 heavy (non-hydrogen) atoms. The van der Waals surface area contributed by atoms with Gasteiger partial charge in [0.05, 0.1) is 6.61 Å². The lowest BCUT2D eigenvalue weighted by atomic mass is 10.1. The van der Waals surface area contributed by atoms with Crippen molar-refractivity contribution in [1.29, 1.82) is 0 Å². The van der Waals surface area contributed by atoms with Crippen LogP contribution in [0.3, 0.4) is 0 Å². The molecular formula is C18H26N4O4. The van der Waals surface area contributed by atoms with Crippen LogP contribution in [-0.4, -0.2) is 74.1 Å². The van der Waals surface area contributed by atoms with Crippen LogP contribution in [0.15, 0.2) is 18.2 Å². The van der Waals surface area contributed by atoms with Crippen molar-refractivity contribution in [3.8, 4) is 0 Å². The van der Waals surface area contributed by atoms with E-state index in [0.29, 0.717) is 56.1 Å². The van der Waals surface area contributed by atoms with Crippen LogP contribution >= 0.6 is 0 Å². The van der Waals surface area contributed by atoms with Gasteiger partial charge in [-0.05, 0) is 24.6 Å². The van der Waals surface area contributed by atoms with Gasteiger partial charge in [-0.1, -0.05) is 6.07 Å². The van der Waals surface area contributed by atoms with Crippen molar-refractivity contribution in [2.24, 2.45) is 0 Å². The summed E-state index contributed by atoms with van der Waals surface area (Å²) in [4.78, 5) is 39.5. The first kappa shape index (κ1) is 19.7. The average molecular weight is 362 g/mol. The van der Waals surface area contributed by atoms with E-state index in [9.17, 15) is 14.4 Å². The van der Waals surface area contributed by atoms with E-state index >= 15 is 0 Å². The third kappa shape index (κ3) is 4.95. The summed E-state index contributed by atoms with van der Waals surface area (Å²) in [5.74, 6) is -0.182. The molecule has 1 heterocycles. The summed E-state index contributed by atoms with van der Waals surface area (Å²) in [5, 5.41) is 5.64. The number of methoxy groups -OCH3 is 1. The van der Waals surface area contributed by atoms with Crippen molar-refractivity contribution in [3.05, 3.63) is 29.3 Å². The quantitative estimate of drug-likeness (QED) is 0.767. The number of urea groups is 1. The zero-order chi connectivity index (χ0) is 19.1. The number of ether oxygens (including phenoxy) is 1. The molecule has 1 fully saturated rings. The van der Waals surface area contributed by atoms with E-state index < -0.39 is 0 Å². The monoisotopic (exact) mass is 362 g/mol. The van der Waals surface area contributed by atoms with Crippen molar-refractivity contribution in [1.82, 2.24) is 15.1 Å². The number of nitrogens with one attached hydrogen (secondary N) is 2. The second-order valence-corrected chi connectivity index (χ2v) is 6.15. The van der Waals surface area contributed by atoms with Gasteiger partial charge in [0.2, 0.25) is 5.91 Å². The summed E-state index contributed by atoms with van der Waals surface area (Å²) in [6.45, 7) is 6.23. The van der Waals surface area contributed by atoms with Gasteiger partial charge in [-0.25, -0.2) is 4.79 Å². The minimum Gasteiger partial charge on any atom is -0.383 e. The number of rotatable bonds is 5. The smallest absolute Gasteiger partial charge is 0.321 e. The molecule has 1 aliphatic rings. The van der Waals surface area contributed by atoms with Gasteiger partial charge in [-0.2, -0.15) is 0 Å². The Bertz CT molecular complexity index is 669. The molecule has 4 amide bonds. The van der Waals surface area contributed by atoms with E-state index in [1.165, 1.54) is 6.92 Å². The van der Waals surface area contributed by atoms with E-state index in [4.69, 9.17) is 4.74 Å². The summed E-state index contributed by atoms with van der Waals surface area (Å²) in [6.07, 6.45) is 0. The number of benzene rings is 1. The Kier molecular flexibility index (Phi) is 6.97. The molecule has 0 aromatic heterocycles. The highest BCUT2D eigenvalue weighted by molar-refractivity contribution is 5.99. The molecule has 0 atom stereocenters. The van der Waals surface area contributed by atoms with E-state index in [2.05, 4.69) is 10.6 Å². The Morgan fingerprint density at radius 2 is 1.77 bits per heavy atom. The summed E-state index contributed by atoms with van der Waals surface area (Å²) in [5.41, 5.74) is 1.82. The Hall–Kier alpha value is -2.61. The molecule has 1 aromatic rings. The second kappa shape index (κ2) is 9.19. The molecule has 0 spiro atoms. The highest BCUT2D eigenvalue weighted by atomic mass is 16.5. The minimum atomic E-state index is -0.228. The molecule has 0 bridgehead atoms. The van der Waals surface area contributed by atoms with Gasteiger partial charge >= 0.3 is 6.03 Å². The molecule has 1 aromatic carbocycles. The fourth-order valence-electron chi connectivity index (χ4n) is 2.80. The third-order valence-electron chi connectivity index (χ3n) is 4.42. The van der Waals surface area contributed by atoms with Crippen LogP contribution in [0.1, 0.15) is 22.8 Å². The molecular weight excluding hydrogens is 336 g/mol. The first-order valence-electron chi connectivity index (χ1n) is 8.62. The maximum atomic E-state index is 12.5. The maximum absolute atomic E-state index is 12.5. The molecule has 142 valence electrons. The number of hydrogen-bond donors (Lipinski definition) is 2. The highest BCUT2D eigenvalue weighted by Crippen LogP contribution is 2.19. The van der Waals surface area contributed by atoms with E-state index in [1.54, 1.807) is 42.0 Å². The number of hydrogen-bond acceptors (Lipinski definition) is 4. The van der Waals surface area contributed by atoms with E-state index in [1.807, 2.05) is 0 Å². The highest BCUT2D eigenvalue weighted by Gasteiger charge is 2.23. The molecule has 8 heteroatoms. The van der Waals surface area contributed by atoms with Crippen LogP contribution in [0.2, 0.25) is 0 Å². The van der Waals surface area contributed by atoms with Crippen molar-refractivity contribution < 1.29 is 19.1 Å². The van der Waals surface area contributed by atoms with Gasteiger partial charge in [0, 0.05) is 58.0 Å². The number of anilines is 1. The molecule has 2 rings (SSSR count). The number of piperazine rings is 1. The van der Waals surface area contributed by atoms with Crippen molar-refractivity contribution in [3.63, 3.8) is 0 Å². The SMILES string of the molecule is COCCNC(=O)c1cccc(NC(=O)N2CCN(C(C)=O)CC2)c1C.